The second kappa shape index (κ2) is 8.38. The van der Waals surface area contributed by atoms with Crippen molar-refractivity contribution in [1.82, 2.24) is 4.90 Å². The molecule has 0 bridgehead atoms. The fraction of sp³-hybridized carbons (Fsp3) is 0.632. The van der Waals surface area contributed by atoms with Crippen LogP contribution in [0.3, 0.4) is 0 Å². The van der Waals surface area contributed by atoms with Crippen molar-refractivity contribution in [1.29, 1.82) is 0 Å². The molecule has 0 aliphatic carbocycles. The van der Waals surface area contributed by atoms with Gasteiger partial charge in [0, 0.05) is 38.5 Å². The molecule has 1 aromatic carbocycles. The van der Waals surface area contributed by atoms with Gasteiger partial charge < -0.3 is 19.1 Å². The summed E-state index contributed by atoms with van der Waals surface area (Å²) in [7, 11) is 0. The highest BCUT2D eigenvalue weighted by atomic mass is 16.5. The molecular formula is C19H27NO4. The molecule has 24 heavy (non-hydrogen) atoms. The van der Waals surface area contributed by atoms with Crippen molar-refractivity contribution >= 4 is 5.91 Å². The second-order valence-electron chi connectivity index (χ2n) is 6.49. The van der Waals surface area contributed by atoms with Crippen LogP contribution in [-0.4, -0.2) is 50.3 Å². The van der Waals surface area contributed by atoms with Gasteiger partial charge in [-0.25, -0.2) is 0 Å². The molecule has 5 heteroatoms. The summed E-state index contributed by atoms with van der Waals surface area (Å²) in [6.07, 6.45) is 3.22. The number of aryl methyl sites for hydroxylation is 1. The van der Waals surface area contributed by atoms with Crippen LogP contribution in [-0.2, 0) is 16.0 Å². The molecule has 0 unspecified atom stereocenters. The van der Waals surface area contributed by atoms with Gasteiger partial charge in [0.1, 0.15) is 0 Å². The van der Waals surface area contributed by atoms with Crippen LogP contribution in [0.1, 0.15) is 31.7 Å². The van der Waals surface area contributed by atoms with Gasteiger partial charge in [-0.05, 0) is 37.5 Å². The van der Waals surface area contributed by atoms with Gasteiger partial charge in [0.25, 0.3) is 0 Å². The standard InChI is InChI=1S/C19H27NO4/c1-2-20(13-16-8-11-22-14-16)19(21)7-5-15-4-6-17-18(12-15)24-10-3-9-23-17/h4,6,12,16H,2-3,5,7-11,13-14H2,1H3/t16-/m0/s1. The Morgan fingerprint density at radius 2 is 2.04 bits per heavy atom. The predicted octanol–water partition coefficient (Wildman–Crippen LogP) is 2.67. The van der Waals surface area contributed by atoms with Gasteiger partial charge in [-0.2, -0.15) is 0 Å². The zero-order valence-corrected chi connectivity index (χ0v) is 14.5. The van der Waals surface area contributed by atoms with Gasteiger partial charge in [-0.3, -0.25) is 4.79 Å². The summed E-state index contributed by atoms with van der Waals surface area (Å²) in [5, 5.41) is 0. The van der Waals surface area contributed by atoms with E-state index in [1.165, 1.54) is 0 Å². The molecule has 0 aromatic heterocycles. The van der Waals surface area contributed by atoms with Crippen LogP contribution < -0.4 is 9.47 Å². The van der Waals surface area contributed by atoms with E-state index in [1.54, 1.807) is 0 Å². The van der Waals surface area contributed by atoms with Crippen molar-refractivity contribution in [2.45, 2.75) is 32.6 Å². The van der Waals surface area contributed by atoms with Crippen molar-refractivity contribution in [2.24, 2.45) is 5.92 Å². The van der Waals surface area contributed by atoms with Crippen LogP contribution in [0.4, 0.5) is 0 Å². The van der Waals surface area contributed by atoms with E-state index < -0.39 is 0 Å². The first-order valence-corrected chi connectivity index (χ1v) is 9.00. The Morgan fingerprint density at radius 1 is 1.21 bits per heavy atom. The summed E-state index contributed by atoms with van der Waals surface area (Å²) >= 11 is 0. The highest BCUT2D eigenvalue weighted by molar-refractivity contribution is 5.76. The first kappa shape index (κ1) is 17.1. The Labute approximate surface area is 143 Å². The molecular weight excluding hydrogens is 306 g/mol. The van der Waals surface area contributed by atoms with E-state index in [1.807, 2.05) is 30.0 Å². The lowest BCUT2D eigenvalue weighted by atomic mass is 10.1. The number of fused-ring (bicyclic) bond motifs is 1. The Hall–Kier alpha value is -1.75. The number of hydrogen-bond acceptors (Lipinski definition) is 4. The quantitative estimate of drug-likeness (QED) is 0.803. The fourth-order valence-corrected chi connectivity index (χ4v) is 3.22. The van der Waals surface area contributed by atoms with Crippen LogP contribution in [0, 0.1) is 5.92 Å². The third-order valence-corrected chi connectivity index (χ3v) is 4.68. The molecule has 2 heterocycles. The smallest absolute Gasteiger partial charge is 0.222 e. The molecule has 0 N–H and O–H groups in total. The number of benzene rings is 1. The van der Waals surface area contributed by atoms with E-state index in [2.05, 4.69) is 0 Å². The minimum Gasteiger partial charge on any atom is -0.490 e. The van der Waals surface area contributed by atoms with Crippen molar-refractivity contribution in [3.8, 4) is 11.5 Å². The lowest BCUT2D eigenvalue weighted by molar-refractivity contribution is -0.131. The highest BCUT2D eigenvalue weighted by Crippen LogP contribution is 2.30. The summed E-state index contributed by atoms with van der Waals surface area (Å²) in [4.78, 5) is 14.5. The average Bonchev–Trinajstić information content (AvgIpc) is 3.00. The molecule has 0 radical (unpaired) electrons. The molecule has 2 aliphatic heterocycles. The largest absolute Gasteiger partial charge is 0.490 e. The Kier molecular flexibility index (Phi) is 5.96. The topological polar surface area (TPSA) is 48.0 Å². The maximum atomic E-state index is 12.5. The number of ether oxygens (including phenoxy) is 3. The van der Waals surface area contributed by atoms with Gasteiger partial charge in [-0.1, -0.05) is 6.07 Å². The van der Waals surface area contributed by atoms with E-state index in [0.29, 0.717) is 25.6 Å². The fourth-order valence-electron chi connectivity index (χ4n) is 3.22. The minimum atomic E-state index is 0.219. The van der Waals surface area contributed by atoms with Crippen molar-refractivity contribution in [3.05, 3.63) is 23.8 Å². The summed E-state index contributed by atoms with van der Waals surface area (Å²) in [6, 6.07) is 5.99. The Bertz CT molecular complexity index is 554. The molecule has 0 saturated carbocycles. The van der Waals surface area contributed by atoms with Crippen molar-refractivity contribution in [2.75, 3.05) is 39.5 Å². The molecule has 1 amide bonds. The van der Waals surface area contributed by atoms with E-state index in [0.717, 1.165) is 62.6 Å². The summed E-state index contributed by atoms with van der Waals surface area (Å²) < 4.78 is 16.8. The van der Waals surface area contributed by atoms with Crippen LogP contribution >= 0.6 is 0 Å². The summed E-state index contributed by atoms with van der Waals surface area (Å²) in [6.45, 7) is 6.61. The summed E-state index contributed by atoms with van der Waals surface area (Å²) in [5.74, 6) is 2.32. The zero-order chi connectivity index (χ0) is 16.8. The van der Waals surface area contributed by atoms with Gasteiger partial charge in [-0.15, -0.1) is 0 Å². The van der Waals surface area contributed by atoms with E-state index in [9.17, 15) is 4.79 Å². The molecule has 1 fully saturated rings. The molecule has 1 saturated heterocycles. The third kappa shape index (κ3) is 4.41. The minimum absolute atomic E-state index is 0.219. The predicted molar refractivity (Wildman–Crippen MR) is 91.6 cm³/mol. The van der Waals surface area contributed by atoms with Gasteiger partial charge in [0.05, 0.1) is 19.8 Å². The molecule has 1 atom stereocenters. The van der Waals surface area contributed by atoms with Crippen LogP contribution in [0.5, 0.6) is 11.5 Å². The lowest BCUT2D eigenvalue weighted by Crippen LogP contribution is -2.35. The molecule has 1 aromatic rings. The third-order valence-electron chi connectivity index (χ3n) is 4.68. The maximum Gasteiger partial charge on any atom is 0.222 e. The number of carbonyl (C=O) groups excluding carboxylic acids is 1. The maximum absolute atomic E-state index is 12.5. The zero-order valence-electron chi connectivity index (χ0n) is 14.5. The lowest BCUT2D eigenvalue weighted by Gasteiger charge is -2.23. The first-order valence-electron chi connectivity index (χ1n) is 9.00. The second-order valence-corrected chi connectivity index (χ2v) is 6.49. The molecule has 2 aliphatic rings. The van der Waals surface area contributed by atoms with Crippen molar-refractivity contribution in [3.63, 3.8) is 0 Å². The summed E-state index contributed by atoms with van der Waals surface area (Å²) in [5.41, 5.74) is 1.12. The molecule has 3 rings (SSSR count). The number of amides is 1. The van der Waals surface area contributed by atoms with E-state index in [-0.39, 0.29) is 5.91 Å². The van der Waals surface area contributed by atoms with Crippen LogP contribution in [0.2, 0.25) is 0 Å². The van der Waals surface area contributed by atoms with Gasteiger partial charge >= 0.3 is 0 Å². The highest BCUT2D eigenvalue weighted by Gasteiger charge is 2.21. The van der Waals surface area contributed by atoms with Crippen LogP contribution in [0.15, 0.2) is 18.2 Å². The average molecular weight is 333 g/mol. The Morgan fingerprint density at radius 3 is 2.79 bits per heavy atom. The molecule has 5 nitrogen and oxygen atoms in total. The van der Waals surface area contributed by atoms with E-state index in [4.69, 9.17) is 14.2 Å². The number of hydrogen-bond donors (Lipinski definition) is 0. The van der Waals surface area contributed by atoms with Crippen molar-refractivity contribution < 1.29 is 19.0 Å². The number of carbonyl (C=O) groups is 1. The number of nitrogens with zero attached hydrogens (tertiary/aromatic N) is 1. The SMILES string of the molecule is CCN(C[C@@H]1CCOC1)C(=O)CCc1ccc2c(c1)OCCCO2. The monoisotopic (exact) mass is 333 g/mol. The normalized spacial score (nSPS) is 19.8. The van der Waals surface area contributed by atoms with Gasteiger partial charge in [0.2, 0.25) is 5.91 Å². The Balaban J connectivity index is 1.54. The van der Waals surface area contributed by atoms with E-state index >= 15 is 0 Å². The first-order chi connectivity index (χ1) is 11.8. The molecule has 0 spiro atoms. The van der Waals surface area contributed by atoms with Crippen LogP contribution in [0.25, 0.3) is 0 Å². The molecule has 132 valence electrons. The van der Waals surface area contributed by atoms with Gasteiger partial charge in [0.15, 0.2) is 11.5 Å². The number of rotatable bonds is 6.